The van der Waals surface area contributed by atoms with E-state index in [1.807, 2.05) is 6.92 Å². The predicted molar refractivity (Wildman–Crippen MR) is 94.5 cm³/mol. The van der Waals surface area contributed by atoms with E-state index in [9.17, 15) is 0 Å². The molecule has 2 nitrogen and oxygen atoms in total. The summed E-state index contributed by atoms with van der Waals surface area (Å²) in [6.45, 7) is 8.26. The number of hydrogen-bond donors (Lipinski definition) is 0. The van der Waals surface area contributed by atoms with Crippen molar-refractivity contribution in [2.24, 2.45) is 0 Å². The lowest BCUT2D eigenvalue weighted by Crippen LogP contribution is -1.93. The molecule has 0 aliphatic rings. The highest BCUT2D eigenvalue weighted by Crippen LogP contribution is 2.42. The molecule has 21 heavy (non-hydrogen) atoms. The van der Waals surface area contributed by atoms with Gasteiger partial charge in [-0.15, -0.1) is 11.3 Å². The molecule has 0 bridgehead atoms. The Morgan fingerprint density at radius 1 is 1.00 bits per heavy atom. The maximum absolute atomic E-state index is 6.29. The fraction of sp³-hybridized carbons (Fsp3) is 0.250. The van der Waals surface area contributed by atoms with E-state index in [4.69, 9.17) is 11.6 Å². The van der Waals surface area contributed by atoms with Crippen molar-refractivity contribution in [2.45, 2.75) is 27.7 Å². The molecule has 0 radical (unpaired) electrons. The molecule has 5 heteroatoms. The van der Waals surface area contributed by atoms with Crippen molar-refractivity contribution >= 4 is 49.1 Å². The molecule has 0 aliphatic heterocycles. The Bertz CT molecular complexity index is 847. The SMILES string of the molecule is Cc1nc(Cl)c2sc(C)c(-c3c(C)cc(Br)cc3C)c2n1. The van der Waals surface area contributed by atoms with Crippen LogP contribution < -0.4 is 0 Å². The summed E-state index contributed by atoms with van der Waals surface area (Å²) >= 11 is 11.5. The summed E-state index contributed by atoms with van der Waals surface area (Å²) < 4.78 is 2.07. The van der Waals surface area contributed by atoms with Crippen molar-refractivity contribution in [2.75, 3.05) is 0 Å². The van der Waals surface area contributed by atoms with Crippen LogP contribution in [0.4, 0.5) is 0 Å². The van der Waals surface area contributed by atoms with Gasteiger partial charge in [0.25, 0.3) is 0 Å². The van der Waals surface area contributed by atoms with E-state index in [2.05, 4.69) is 58.8 Å². The molecular weight excluding hydrogens is 368 g/mol. The number of hydrogen-bond acceptors (Lipinski definition) is 3. The molecule has 108 valence electrons. The number of benzene rings is 1. The average Bonchev–Trinajstić information content (AvgIpc) is 2.66. The van der Waals surface area contributed by atoms with Crippen LogP contribution in [0.1, 0.15) is 21.8 Å². The largest absolute Gasteiger partial charge is 0.232 e. The van der Waals surface area contributed by atoms with Crippen molar-refractivity contribution in [1.29, 1.82) is 0 Å². The molecule has 1 aromatic carbocycles. The fourth-order valence-corrected chi connectivity index (χ4v) is 4.75. The van der Waals surface area contributed by atoms with Crippen LogP contribution in [0, 0.1) is 27.7 Å². The van der Waals surface area contributed by atoms with E-state index in [0.29, 0.717) is 11.0 Å². The zero-order chi connectivity index (χ0) is 15.3. The van der Waals surface area contributed by atoms with Gasteiger partial charge in [0.2, 0.25) is 0 Å². The van der Waals surface area contributed by atoms with Crippen LogP contribution in [0.5, 0.6) is 0 Å². The average molecular weight is 382 g/mol. The van der Waals surface area contributed by atoms with Gasteiger partial charge in [0, 0.05) is 14.9 Å². The highest BCUT2D eigenvalue weighted by molar-refractivity contribution is 9.10. The Balaban J connectivity index is 2.44. The van der Waals surface area contributed by atoms with Gasteiger partial charge in [-0.1, -0.05) is 27.5 Å². The highest BCUT2D eigenvalue weighted by atomic mass is 79.9. The van der Waals surface area contributed by atoms with E-state index in [0.717, 1.165) is 14.7 Å². The van der Waals surface area contributed by atoms with E-state index in [-0.39, 0.29) is 0 Å². The predicted octanol–water partition coefficient (Wildman–Crippen LogP) is 6.01. The van der Waals surface area contributed by atoms with Crippen LogP contribution in [0.3, 0.4) is 0 Å². The zero-order valence-electron chi connectivity index (χ0n) is 12.2. The zero-order valence-corrected chi connectivity index (χ0v) is 15.4. The van der Waals surface area contributed by atoms with Gasteiger partial charge in [0.15, 0.2) is 5.15 Å². The third-order valence-electron chi connectivity index (χ3n) is 3.53. The Labute approximate surface area is 141 Å². The second-order valence-corrected chi connectivity index (χ2v) is 7.69. The maximum atomic E-state index is 6.29. The van der Waals surface area contributed by atoms with E-state index in [1.165, 1.54) is 27.1 Å². The number of halogens is 2. The van der Waals surface area contributed by atoms with Gasteiger partial charge in [-0.05, 0) is 56.5 Å². The number of aromatic nitrogens is 2. The second kappa shape index (κ2) is 5.34. The minimum Gasteiger partial charge on any atom is -0.232 e. The van der Waals surface area contributed by atoms with Gasteiger partial charge in [-0.2, -0.15) is 0 Å². The third kappa shape index (κ3) is 2.50. The van der Waals surface area contributed by atoms with E-state index < -0.39 is 0 Å². The molecule has 0 saturated heterocycles. The maximum Gasteiger partial charge on any atom is 0.150 e. The normalized spacial score (nSPS) is 11.3. The standard InChI is InChI=1S/C16H14BrClN2S/c1-7-5-11(17)6-8(2)12(7)13-9(3)21-15-14(13)19-10(4)20-16(15)18/h5-6H,1-4H3. The van der Waals surface area contributed by atoms with E-state index in [1.54, 1.807) is 11.3 Å². The smallest absolute Gasteiger partial charge is 0.150 e. The molecule has 2 aromatic heterocycles. The number of fused-ring (bicyclic) bond motifs is 1. The van der Waals surface area contributed by atoms with Crippen LogP contribution in [0.15, 0.2) is 16.6 Å². The van der Waals surface area contributed by atoms with Gasteiger partial charge < -0.3 is 0 Å². The molecule has 0 aliphatic carbocycles. The summed E-state index contributed by atoms with van der Waals surface area (Å²) in [7, 11) is 0. The Morgan fingerprint density at radius 2 is 1.62 bits per heavy atom. The molecule has 3 aromatic rings. The Hall–Kier alpha value is -0.970. The quantitative estimate of drug-likeness (QED) is 0.482. The van der Waals surface area contributed by atoms with Crippen LogP contribution in [0.2, 0.25) is 5.15 Å². The summed E-state index contributed by atoms with van der Waals surface area (Å²) in [6, 6.07) is 4.28. The molecule has 0 spiro atoms. The van der Waals surface area contributed by atoms with Crippen LogP contribution in [-0.2, 0) is 0 Å². The molecule has 0 saturated carbocycles. The summed E-state index contributed by atoms with van der Waals surface area (Å²) in [5.74, 6) is 0.707. The monoisotopic (exact) mass is 380 g/mol. The first-order valence-corrected chi connectivity index (χ1v) is 8.57. The lowest BCUT2D eigenvalue weighted by Gasteiger charge is -2.11. The highest BCUT2D eigenvalue weighted by Gasteiger charge is 2.19. The van der Waals surface area contributed by atoms with Crippen molar-refractivity contribution < 1.29 is 0 Å². The molecule has 0 N–H and O–H groups in total. The minimum absolute atomic E-state index is 0.546. The minimum atomic E-state index is 0.546. The van der Waals surface area contributed by atoms with Gasteiger partial charge in [-0.25, -0.2) is 9.97 Å². The third-order valence-corrected chi connectivity index (χ3v) is 5.47. The molecule has 0 unspecified atom stereocenters. The van der Waals surface area contributed by atoms with Crippen LogP contribution in [-0.4, -0.2) is 9.97 Å². The molecule has 0 amide bonds. The number of nitrogens with zero attached hydrogens (tertiary/aromatic N) is 2. The summed E-state index contributed by atoms with van der Waals surface area (Å²) in [5, 5.41) is 0.546. The molecule has 3 rings (SSSR count). The number of aryl methyl sites for hydroxylation is 4. The van der Waals surface area contributed by atoms with E-state index >= 15 is 0 Å². The first-order chi connectivity index (χ1) is 9.88. The van der Waals surface area contributed by atoms with Crippen molar-refractivity contribution in [1.82, 2.24) is 9.97 Å². The van der Waals surface area contributed by atoms with Crippen molar-refractivity contribution in [3.8, 4) is 11.1 Å². The molecule has 0 fully saturated rings. The Morgan fingerprint density at radius 3 is 2.24 bits per heavy atom. The van der Waals surface area contributed by atoms with Gasteiger partial charge in [0.05, 0.1) is 10.2 Å². The number of rotatable bonds is 1. The number of thiophene rings is 1. The van der Waals surface area contributed by atoms with Gasteiger partial charge >= 0.3 is 0 Å². The Kier molecular flexibility index (Phi) is 3.80. The topological polar surface area (TPSA) is 25.8 Å². The van der Waals surface area contributed by atoms with Gasteiger partial charge in [-0.3, -0.25) is 0 Å². The van der Waals surface area contributed by atoms with Crippen LogP contribution >= 0.6 is 38.9 Å². The second-order valence-electron chi connectivity index (χ2n) is 5.19. The fourth-order valence-electron chi connectivity index (χ4n) is 2.76. The lowest BCUT2D eigenvalue weighted by molar-refractivity contribution is 1.10. The van der Waals surface area contributed by atoms with Crippen molar-refractivity contribution in [3.63, 3.8) is 0 Å². The van der Waals surface area contributed by atoms with Gasteiger partial charge in [0.1, 0.15) is 5.82 Å². The summed E-state index contributed by atoms with van der Waals surface area (Å²) in [5.41, 5.74) is 5.86. The molecule has 2 heterocycles. The molecule has 0 atom stereocenters. The molecular formula is C16H14BrClN2S. The first-order valence-electron chi connectivity index (χ1n) is 6.59. The lowest BCUT2D eigenvalue weighted by atomic mass is 9.95. The summed E-state index contributed by atoms with van der Waals surface area (Å²) in [4.78, 5) is 10.1. The first kappa shape index (κ1) is 14.9. The van der Waals surface area contributed by atoms with Crippen LogP contribution in [0.25, 0.3) is 21.3 Å². The summed E-state index contributed by atoms with van der Waals surface area (Å²) in [6.07, 6.45) is 0. The van der Waals surface area contributed by atoms with Crippen molar-refractivity contribution in [3.05, 3.63) is 43.6 Å².